The normalized spacial score (nSPS) is 11.2. The maximum atomic E-state index is 5.89. The van der Waals surface area contributed by atoms with Gasteiger partial charge in [-0.3, -0.25) is 4.68 Å². The number of hydrogen-bond acceptors (Lipinski definition) is 4. The van der Waals surface area contributed by atoms with Crippen molar-refractivity contribution < 1.29 is 0 Å². The van der Waals surface area contributed by atoms with Gasteiger partial charge in [0.1, 0.15) is 5.65 Å². The molecule has 0 aliphatic rings. The number of hydrogen-bond donors (Lipinski definition) is 1. The van der Waals surface area contributed by atoms with Crippen molar-refractivity contribution in [2.45, 2.75) is 13.1 Å². The first-order chi connectivity index (χ1) is 9.69. The summed E-state index contributed by atoms with van der Waals surface area (Å²) in [5.41, 5.74) is 8.98. The predicted molar refractivity (Wildman–Crippen MR) is 78.4 cm³/mol. The highest BCUT2D eigenvalue weighted by atomic mass is 15.3. The van der Waals surface area contributed by atoms with E-state index in [-0.39, 0.29) is 0 Å². The largest absolute Gasteiger partial charge is 0.354 e. The first-order valence-corrected chi connectivity index (χ1v) is 6.53. The van der Waals surface area contributed by atoms with Gasteiger partial charge in [0.2, 0.25) is 0 Å². The summed E-state index contributed by atoms with van der Waals surface area (Å²) in [6.45, 7) is 1.21. The van der Waals surface area contributed by atoms with Crippen molar-refractivity contribution in [1.29, 1.82) is 0 Å². The second-order valence-electron chi connectivity index (χ2n) is 4.89. The van der Waals surface area contributed by atoms with Crippen LogP contribution in [0.2, 0.25) is 0 Å². The van der Waals surface area contributed by atoms with Crippen LogP contribution in [0, 0.1) is 0 Å². The van der Waals surface area contributed by atoms with Crippen LogP contribution in [0.1, 0.15) is 11.3 Å². The van der Waals surface area contributed by atoms with Gasteiger partial charge in [-0.15, -0.1) is 0 Å². The fourth-order valence-electron chi connectivity index (χ4n) is 2.43. The lowest BCUT2D eigenvalue weighted by atomic mass is 10.3. The summed E-state index contributed by atoms with van der Waals surface area (Å²) in [7, 11) is 3.94. The van der Waals surface area contributed by atoms with Crippen molar-refractivity contribution in [2.24, 2.45) is 12.8 Å². The molecule has 0 radical (unpaired) electrons. The molecule has 2 N–H and O–H groups in total. The molecule has 104 valence electrons. The molecular formula is C14H18N6. The second-order valence-corrected chi connectivity index (χ2v) is 4.89. The molecule has 0 spiro atoms. The molecule has 0 aromatic carbocycles. The van der Waals surface area contributed by atoms with E-state index < -0.39 is 0 Å². The molecule has 6 heteroatoms. The lowest BCUT2D eigenvalue weighted by molar-refractivity contribution is 0.766. The van der Waals surface area contributed by atoms with Crippen LogP contribution in [0.15, 0.2) is 36.8 Å². The molecule has 0 unspecified atom stereocenters. The van der Waals surface area contributed by atoms with Gasteiger partial charge in [0.15, 0.2) is 5.82 Å². The fourth-order valence-corrected chi connectivity index (χ4v) is 2.43. The van der Waals surface area contributed by atoms with Crippen molar-refractivity contribution in [3.8, 4) is 0 Å². The lowest BCUT2D eigenvalue weighted by Crippen LogP contribution is -2.19. The van der Waals surface area contributed by atoms with Crippen LogP contribution in [0.4, 0.5) is 5.82 Å². The molecule has 0 fully saturated rings. The minimum Gasteiger partial charge on any atom is -0.354 e. The molecule has 0 bridgehead atoms. The number of anilines is 1. The van der Waals surface area contributed by atoms with Crippen LogP contribution in [-0.4, -0.2) is 26.2 Å². The zero-order valence-corrected chi connectivity index (χ0v) is 11.7. The molecule has 0 aliphatic carbocycles. The minimum absolute atomic E-state index is 0.456. The van der Waals surface area contributed by atoms with Gasteiger partial charge >= 0.3 is 0 Å². The maximum absolute atomic E-state index is 5.89. The molecule has 0 atom stereocenters. The summed E-state index contributed by atoms with van der Waals surface area (Å²) in [5, 5.41) is 4.19. The maximum Gasteiger partial charge on any atom is 0.152 e. The Morgan fingerprint density at radius 1 is 1.35 bits per heavy atom. The zero-order valence-electron chi connectivity index (χ0n) is 11.7. The number of aromatic nitrogens is 4. The predicted octanol–water partition coefficient (Wildman–Crippen LogP) is 1.16. The van der Waals surface area contributed by atoms with Crippen LogP contribution >= 0.6 is 0 Å². The topological polar surface area (TPSA) is 64.4 Å². The molecule has 3 rings (SSSR count). The summed E-state index contributed by atoms with van der Waals surface area (Å²) in [4.78, 5) is 6.77. The van der Waals surface area contributed by atoms with E-state index in [1.165, 1.54) is 0 Å². The van der Waals surface area contributed by atoms with Crippen LogP contribution < -0.4 is 10.6 Å². The number of rotatable bonds is 4. The Kier molecular flexibility index (Phi) is 3.15. The van der Waals surface area contributed by atoms with Crippen LogP contribution in [-0.2, 0) is 20.1 Å². The van der Waals surface area contributed by atoms with Gasteiger partial charge in [0.05, 0.1) is 11.9 Å². The number of fused-ring (bicyclic) bond motifs is 1. The Labute approximate surface area is 117 Å². The third-order valence-corrected chi connectivity index (χ3v) is 3.34. The minimum atomic E-state index is 0.456. The number of nitrogens with zero attached hydrogens (tertiary/aromatic N) is 5. The van der Waals surface area contributed by atoms with Crippen molar-refractivity contribution in [1.82, 2.24) is 19.2 Å². The Bertz CT molecular complexity index is 726. The molecule has 6 nitrogen and oxygen atoms in total. The van der Waals surface area contributed by atoms with Crippen molar-refractivity contribution in [3.63, 3.8) is 0 Å². The van der Waals surface area contributed by atoms with E-state index in [9.17, 15) is 0 Å². The second kappa shape index (κ2) is 4.97. The van der Waals surface area contributed by atoms with E-state index in [4.69, 9.17) is 5.73 Å². The van der Waals surface area contributed by atoms with E-state index >= 15 is 0 Å². The smallest absolute Gasteiger partial charge is 0.152 e. The highest BCUT2D eigenvalue weighted by Gasteiger charge is 2.14. The van der Waals surface area contributed by atoms with E-state index in [0.717, 1.165) is 29.3 Å². The number of aryl methyl sites for hydroxylation is 1. The van der Waals surface area contributed by atoms with Gasteiger partial charge in [0, 0.05) is 45.1 Å². The molecule has 3 heterocycles. The average Bonchev–Trinajstić information content (AvgIpc) is 3.01. The van der Waals surface area contributed by atoms with Gasteiger partial charge in [-0.25, -0.2) is 4.98 Å². The first kappa shape index (κ1) is 12.7. The van der Waals surface area contributed by atoms with E-state index in [2.05, 4.69) is 15.0 Å². The molecule has 0 saturated heterocycles. The highest BCUT2D eigenvalue weighted by Crippen LogP contribution is 2.21. The van der Waals surface area contributed by atoms with Gasteiger partial charge in [0.25, 0.3) is 0 Å². The quantitative estimate of drug-likeness (QED) is 0.772. The van der Waals surface area contributed by atoms with Gasteiger partial charge in [-0.1, -0.05) is 6.07 Å². The summed E-state index contributed by atoms with van der Waals surface area (Å²) in [5.74, 6) is 0.919. The number of imidazole rings is 1. The standard InChI is InChI=1S/C14H18N6/c1-18(9-11-8-16-19(2)10-11)14-12(7-15)20-6-4-3-5-13(20)17-14/h3-6,8,10H,7,9,15H2,1-2H3. The monoisotopic (exact) mass is 270 g/mol. The third-order valence-electron chi connectivity index (χ3n) is 3.34. The van der Waals surface area contributed by atoms with Gasteiger partial charge < -0.3 is 15.0 Å². The Balaban J connectivity index is 1.96. The summed E-state index contributed by atoms with van der Waals surface area (Å²) in [6.07, 6.45) is 5.87. The number of nitrogens with two attached hydrogens (primary N) is 1. The highest BCUT2D eigenvalue weighted by molar-refractivity contribution is 5.55. The molecule has 3 aromatic heterocycles. The van der Waals surface area contributed by atoms with E-state index in [0.29, 0.717) is 6.54 Å². The molecule has 0 saturated carbocycles. The summed E-state index contributed by atoms with van der Waals surface area (Å²) < 4.78 is 3.84. The van der Waals surface area contributed by atoms with E-state index in [1.54, 1.807) is 4.68 Å². The Morgan fingerprint density at radius 3 is 2.90 bits per heavy atom. The molecular weight excluding hydrogens is 252 g/mol. The van der Waals surface area contributed by atoms with Crippen LogP contribution in [0.25, 0.3) is 5.65 Å². The number of pyridine rings is 1. The molecule has 3 aromatic rings. The van der Waals surface area contributed by atoms with Crippen LogP contribution in [0.5, 0.6) is 0 Å². The van der Waals surface area contributed by atoms with Crippen molar-refractivity contribution in [3.05, 3.63) is 48.0 Å². The zero-order chi connectivity index (χ0) is 14.1. The fraction of sp³-hybridized carbons (Fsp3) is 0.286. The molecule has 0 aliphatic heterocycles. The SMILES string of the molecule is CN(Cc1cnn(C)c1)c1nc2ccccn2c1CN. The van der Waals surface area contributed by atoms with Gasteiger partial charge in [-0.2, -0.15) is 5.10 Å². The summed E-state index contributed by atoms with van der Waals surface area (Å²) >= 11 is 0. The summed E-state index contributed by atoms with van der Waals surface area (Å²) in [6, 6.07) is 5.95. The average molecular weight is 270 g/mol. The third kappa shape index (κ3) is 2.14. The van der Waals surface area contributed by atoms with E-state index in [1.807, 2.05) is 55.3 Å². The molecule has 20 heavy (non-hydrogen) atoms. The lowest BCUT2D eigenvalue weighted by Gasteiger charge is -2.17. The Hall–Kier alpha value is -2.34. The van der Waals surface area contributed by atoms with Gasteiger partial charge in [-0.05, 0) is 12.1 Å². The first-order valence-electron chi connectivity index (χ1n) is 6.53. The van der Waals surface area contributed by atoms with Crippen LogP contribution in [0.3, 0.4) is 0 Å². The Morgan fingerprint density at radius 2 is 2.20 bits per heavy atom. The van der Waals surface area contributed by atoms with Crippen molar-refractivity contribution in [2.75, 3.05) is 11.9 Å². The van der Waals surface area contributed by atoms with Crippen molar-refractivity contribution >= 4 is 11.5 Å². The molecule has 0 amide bonds.